The summed E-state index contributed by atoms with van der Waals surface area (Å²) in [7, 11) is 0. The summed E-state index contributed by atoms with van der Waals surface area (Å²) in [5.74, 6) is 0. The molecule has 1 unspecified atom stereocenters. The first-order valence-electron chi connectivity index (χ1n) is 5.68. The van der Waals surface area contributed by atoms with E-state index in [4.69, 9.17) is 4.74 Å². The van der Waals surface area contributed by atoms with Crippen molar-refractivity contribution in [1.82, 2.24) is 0 Å². The fourth-order valence-corrected chi connectivity index (χ4v) is 1.73. The van der Waals surface area contributed by atoms with E-state index < -0.39 is 0 Å². The van der Waals surface area contributed by atoms with Crippen LogP contribution < -0.4 is 0 Å². The Morgan fingerprint density at radius 1 is 1.36 bits per heavy atom. The van der Waals surface area contributed by atoms with Crippen LogP contribution in [0.5, 0.6) is 0 Å². The zero-order valence-corrected chi connectivity index (χ0v) is 9.33. The van der Waals surface area contributed by atoms with Gasteiger partial charge in [0.15, 0.2) is 0 Å². The molecule has 0 amide bonds. The van der Waals surface area contributed by atoms with E-state index in [-0.39, 0.29) is 12.2 Å². The van der Waals surface area contributed by atoms with Crippen LogP contribution in [0.3, 0.4) is 0 Å². The van der Waals surface area contributed by atoms with Crippen LogP contribution in [0.25, 0.3) is 0 Å². The maximum Gasteiger partial charge on any atom is 0.0983 e. The molecule has 2 heteroatoms. The molecule has 0 aromatic heterocycles. The first kappa shape index (κ1) is 11.7. The van der Waals surface area contributed by atoms with Gasteiger partial charge in [-0.25, -0.2) is 0 Å². The van der Waals surface area contributed by atoms with Gasteiger partial charge in [0, 0.05) is 0 Å². The Balaban J connectivity index is 2.33. The van der Waals surface area contributed by atoms with Crippen molar-refractivity contribution in [3.05, 3.63) is 11.6 Å². The van der Waals surface area contributed by atoms with E-state index in [1.54, 1.807) is 0 Å². The maximum absolute atomic E-state index is 9.85. The van der Waals surface area contributed by atoms with Crippen molar-refractivity contribution in [2.45, 2.75) is 58.2 Å². The van der Waals surface area contributed by atoms with Crippen LogP contribution >= 0.6 is 0 Å². The Morgan fingerprint density at radius 3 is 2.86 bits per heavy atom. The lowest BCUT2D eigenvalue weighted by molar-refractivity contribution is 0.0187. The van der Waals surface area contributed by atoms with E-state index in [0.29, 0.717) is 6.61 Å². The highest BCUT2D eigenvalue weighted by Gasteiger charge is 2.13. The molecule has 0 heterocycles. The molecule has 0 bridgehead atoms. The van der Waals surface area contributed by atoms with Crippen molar-refractivity contribution >= 4 is 0 Å². The van der Waals surface area contributed by atoms with E-state index in [1.165, 1.54) is 24.8 Å². The predicted octanol–water partition coefficient (Wildman–Crippen LogP) is 2.66. The van der Waals surface area contributed by atoms with E-state index in [1.807, 2.05) is 13.8 Å². The van der Waals surface area contributed by atoms with E-state index in [0.717, 1.165) is 12.8 Å². The molecule has 0 fully saturated rings. The number of aliphatic hydroxyl groups is 1. The molecule has 1 atom stereocenters. The first-order chi connectivity index (χ1) is 6.70. The summed E-state index contributed by atoms with van der Waals surface area (Å²) in [6.07, 6.45) is 7.95. The maximum atomic E-state index is 9.85. The fourth-order valence-electron chi connectivity index (χ4n) is 1.73. The van der Waals surface area contributed by atoms with Gasteiger partial charge < -0.3 is 9.84 Å². The van der Waals surface area contributed by atoms with Crippen LogP contribution in [0, 0.1) is 0 Å². The lowest BCUT2D eigenvalue weighted by Crippen LogP contribution is -2.20. The normalized spacial score (nSPS) is 20.4. The third-order valence-electron chi connectivity index (χ3n) is 2.59. The van der Waals surface area contributed by atoms with Crippen LogP contribution in [0.2, 0.25) is 0 Å². The van der Waals surface area contributed by atoms with Crippen LogP contribution in [0.1, 0.15) is 46.0 Å². The van der Waals surface area contributed by atoms with Crippen molar-refractivity contribution in [2.75, 3.05) is 6.61 Å². The van der Waals surface area contributed by atoms with Crippen molar-refractivity contribution in [3.63, 3.8) is 0 Å². The quantitative estimate of drug-likeness (QED) is 0.704. The number of hydrogen-bond acceptors (Lipinski definition) is 2. The topological polar surface area (TPSA) is 29.5 Å². The Bertz CT molecular complexity index is 185. The Hall–Kier alpha value is -0.340. The van der Waals surface area contributed by atoms with Crippen LogP contribution in [-0.4, -0.2) is 23.9 Å². The number of rotatable bonds is 4. The van der Waals surface area contributed by atoms with Gasteiger partial charge in [-0.05, 0) is 45.1 Å². The van der Waals surface area contributed by atoms with Gasteiger partial charge in [0.1, 0.15) is 0 Å². The average Bonchev–Trinajstić information content (AvgIpc) is 2.42. The molecular weight excluding hydrogens is 176 g/mol. The van der Waals surface area contributed by atoms with Gasteiger partial charge in [0.25, 0.3) is 0 Å². The van der Waals surface area contributed by atoms with Crippen LogP contribution in [0.15, 0.2) is 11.6 Å². The highest BCUT2D eigenvalue weighted by atomic mass is 16.5. The highest BCUT2D eigenvalue weighted by molar-refractivity contribution is 5.09. The van der Waals surface area contributed by atoms with E-state index in [2.05, 4.69) is 6.08 Å². The number of aliphatic hydroxyl groups excluding tert-OH is 1. The summed E-state index contributed by atoms with van der Waals surface area (Å²) in [5, 5.41) is 9.85. The van der Waals surface area contributed by atoms with Gasteiger partial charge in [0.05, 0.1) is 18.8 Å². The summed E-state index contributed by atoms with van der Waals surface area (Å²) in [6.45, 7) is 4.44. The zero-order chi connectivity index (χ0) is 10.4. The molecular formula is C12H22O2. The van der Waals surface area contributed by atoms with E-state index in [9.17, 15) is 5.11 Å². The van der Waals surface area contributed by atoms with Gasteiger partial charge in [-0.3, -0.25) is 0 Å². The number of allylic oxidation sites excluding steroid dienone is 1. The number of hydrogen-bond donors (Lipinski definition) is 1. The summed E-state index contributed by atoms with van der Waals surface area (Å²) in [6, 6.07) is 0. The second kappa shape index (κ2) is 6.20. The minimum absolute atomic E-state index is 0.205. The van der Waals surface area contributed by atoms with Gasteiger partial charge in [-0.2, -0.15) is 0 Å². The van der Waals surface area contributed by atoms with Crippen molar-refractivity contribution in [3.8, 4) is 0 Å². The molecule has 2 nitrogen and oxygen atoms in total. The lowest BCUT2D eigenvalue weighted by Gasteiger charge is -2.16. The van der Waals surface area contributed by atoms with Gasteiger partial charge in [-0.15, -0.1) is 0 Å². The molecule has 0 spiro atoms. The van der Waals surface area contributed by atoms with Crippen molar-refractivity contribution in [2.24, 2.45) is 0 Å². The molecule has 0 radical (unpaired) electrons. The molecule has 0 aromatic rings. The Kier molecular flexibility index (Phi) is 5.20. The minimum atomic E-state index is -0.379. The van der Waals surface area contributed by atoms with Gasteiger partial charge in [0.2, 0.25) is 0 Å². The van der Waals surface area contributed by atoms with Crippen molar-refractivity contribution in [1.29, 1.82) is 0 Å². The van der Waals surface area contributed by atoms with Crippen LogP contribution in [0.4, 0.5) is 0 Å². The molecule has 82 valence electrons. The molecule has 0 aliphatic heterocycles. The van der Waals surface area contributed by atoms with Crippen LogP contribution in [-0.2, 0) is 4.74 Å². The summed E-state index contributed by atoms with van der Waals surface area (Å²) < 4.78 is 5.41. The summed E-state index contributed by atoms with van der Waals surface area (Å²) in [4.78, 5) is 0. The third-order valence-corrected chi connectivity index (χ3v) is 2.59. The average molecular weight is 198 g/mol. The molecule has 0 saturated carbocycles. The smallest absolute Gasteiger partial charge is 0.0983 e. The lowest BCUT2D eigenvalue weighted by atomic mass is 10.1. The predicted molar refractivity (Wildman–Crippen MR) is 58.3 cm³/mol. The molecule has 0 aromatic carbocycles. The van der Waals surface area contributed by atoms with Gasteiger partial charge >= 0.3 is 0 Å². The molecule has 1 aliphatic rings. The van der Waals surface area contributed by atoms with E-state index >= 15 is 0 Å². The standard InChI is InChI=1S/C12H22O2/c1-10(2)14-9-12(13)11-7-5-3-4-6-8-11/h7,10,12-13H,3-6,8-9H2,1-2H3. The van der Waals surface area contributed by atoms with Crippen molar-refractivity contribution < 1.29 is 9.84 Å². The fraction of sp³-hybridized carbons (Fsp3) is 0.833. The number of ether oxygens (including phenoxy) is 1. The Labute approximate surface area is 87.0 Å². The Morgan fingerprint density at radius 2 is 2.14 bits per heavy atom. The zero-order valence-electron chi connectivity index (χ0n) is 9.33. The molecule has 1 N–H and O–H groups in total. The minimum Gasteiger partial charge on any atom is -0.386 e. The molecule has 14 heavy (non-hydrogen) atoms. The second-order valence-corrected chi connectivity index (χ2v) is 4.28. The summed E-state index contributed by atoms with van der Waals surface area (Å²) >= 11 is 0. The highest BCUT2D eigenvalue weighted by Crippen LogP contribution is 2.20. The first-order valence-corrected chi connectivity index (χ1v) is 5.68. The monoisotopic (exact) mass is 198 g/mol. The summed E-state index contributed by atoms with van der Waals surface area (Å²) in [5.41, 5.74) is 1.18. The molecule has 1 rings (SSSR count). The second-order valence-electron chi connectivity index (χ2n) is 4.28. The molecule has 1 aliphatic carbocycles. The third kappa shape index (κ3) is 4.25. The largest absolute Gasteiger partial charge is 0.386 e. The molecule has 0 saturated heterocycles. The van der Waals surface area contributed by atoms with Gasteiger partial charge in [-0.1, -0.05) is 12.5 Å². The SMILES string of the molecule is CC(C)OCC(O)C1=CCCCCC1.